The highest BCUT2D eigenvalue weighted by Gasteiger charge is 2.28. The number of rotatable bonds is 8. The van der Waals surface area contributed by atoms with Gasteiger partial charge in [-0.1, -0.05) is 44.2 Å². The van der Waals surface area contributed by atoms with Gasteiger partial charge in [-0.15, -0.1) is 0 Å². The van der Waals surface area contributed by atoms with Crippen LogP contribution in [0.1, 0.15) is 67.3 Å². The smallest absolute Gasteiger partial charge is 0.313 e. The van der Waals surface area contributed by atoms with Gasteiger partial charge >= 0.3 is 5.97 Å². The molecule has 5 nitrogen and oxygen atoms in total. The summed E-state index contributed by atoms with van der Waals surface area (Å²) < 4.78 is 39.8. The Hall–Kier alpha value is -4.00. The molecule has 7 heteroatoms. The van der Waals surface area contributed by atoms with Crippen molar-refractivity contribution in [3.8, 4) is 11.5 Å². The minimum atomic E-state index is -0.653. The highest BCUT2D eigenvalue weighted by Crippen LogP contribution is 2.42. The Morgan fingerprint density at radius 1 is 0.976 bits per heavy atom. The molecule has 0 bridgehead atoms. The summed E-state index contributed by atoms with van der Waals surface area (Å²) in [5.41, 5.74) is 6.29. The minimum Gasteiger partial charge on any atom is -0.489 e. The predicted molar refractivity (Wildman–Crippen MR) is 160 cm³/mol. The molecule has 0 saturated carbocycles. The zero-order valence-electron chi connectivity index (χ0n) is 24.4. The van der Waals surface area contributed by atoms with Crippen molar-refractivity contribution in [2.45, 2.75) is 59.0 Å². The Morgan fingerprint density at radius 3 is 2.43 bits per heavy atom. The third kappa shape index (κ3) is 6.56. The number of esters is 1. The number of hydrogen-bond acceptors (Lipinski definition) is 4. The first-order valence-corrected chi connectivity index (χ1v) is 14.7. The predicted octanol–water partition coefficient (Wildman–Crippen LogP) is 7.33. The lowest BCUT2D eigenvalue weighted by atomic mass is 9.87. The summed E-state index contributed by atoms with van der Waals surface area (Å²) in [4.78, 5) is 26.0. The van der Waals surface area contributed by atoms with Crippen molar-refractivity contribution < 1.29 is 27.8 Å². The van der Waals surface area contributed by atoms with Gasteiger partial charge < -0.3 is 14.4 Å². The van der Waals surface area contributed by atoms with Crippen LogP contribution in [-0.2, 0) is 16.0 Å². The number of hydrogen-bond donors (Lipinski definition) is 0. The molecule has 1 amide bonds. The molecular formula is C35H37F2NO4. The van der Waals surface area contributed by atoms with Gasteiger partial charge in [0.15, 0.2) is 0 Å². The Balaban J connectivity index is 1.49. The van der Waals surface area contributed by atoms with Crippen molar-refractivity contribution in [1.82, 2.24) is 4.90 Å². The summed E-state index contributed by atoms with van der Waals surface area (Å²) in [5, 5.41) is 0. The van der Waals surface area contributed by atoms with Gasteiger partial charge in [-0.3, -0.25) is 14.0 Å². The average molecular weight is 574 g/mol. The van der Waals surface area contributed by atoms with Gasteiger partial charge in [0.2, 0.25) is 5.91 Å². The van der Waals surface area contributed by atoms with Gasteiger partial charge in [0.05, 0.1) is 25.6 Å². The molecular weight excluding hydrogens is 536 g/mol. The molecule has 1 aliphatic carbocycles. The van der Waals surface area contributed by atoms with Crippen LogP contribution in [0.15, 0.2) is 60.7 Å². The number of likely N-dealkylation sites (tertiary alicyclic amines) is 1. The van der Waals surface area contributed by atoms with Crippen LogP contribution in [0.25, 0.3) is 11.1 Å². The van der Waals surface area contributed by atoms with Crippen LogP contribution >= 0.6 is 0 Å². The van der Waals surface area contributed by atoms with Crippen molar-refractivity contribution in [2.75, 3.05) is 19.8 Å². The van der Waals surface area contributed by atoms with Gasteiger partial charge in [0.1, 0.15) is 23.4 Å². The number of aryl methyl sites for hydroxylation is 2. The van der Waals surface area contributed by atoms with E-state index < -0.39 is 6.67 Å². The van der Waals surface area contributed by atoms with E-state index in [1.54, 1.807) is 30.9 Å². The number of allylic oxidation sites excluding steroid dienone is 1. The number of alkyl halides is 1. The van der Waals surface area contributed by atoms with Crippen molar-refractivity contribution in [3.05, 3.63) is 94.3 Å². The van der Waals surface area contributed by atoms with Gasteiger partial charge in [-0.25, -0.2) is 4.39 Å². The van der Waals surface area contributed by atoms with Gasteiger partial charge in [0, 0.05) is 18.5 Å². The number of halogens is 2. The second kappa shape index (κ2) is 12.9. The quantitative estimate of drug-likeness (QED) is 0.209. The lowest BCUT2D eigenvalue weighted by Crippen LogP contribution is -2.31. The fraction of sp³-hybridized carbons (Fsp3) is 0.371. The SMILES string of the molecule is Cc1ccc(C2=C(c3ccc(O[C@H]4CCN(C(=O)CCF)C4)cc3)c3ccc(OC(=O)C(C)C)cc3CCC2)c(F)c1. The van der Waals surface area contributed by atoms with Crippen LogP contribution in [0.5, 0.6) is 11.5 Å². The molecule has 42 heavy (non-hydrogen) atoms. The number of ether oxygens (including phenoxy) is 2. The van der Waals surface area contributed by atoms with E-state index in [2.05, 4.69) is 0 Å². The van der Waals surface area contributed by atoms with Crippen LogP contribution < -0.4 is 9.47 Å². The van der Waals surface area contributed by atoms with Gasteiger partial charge in [-0.2, -0.15) is 0 Å². The lowest BCUT2D eigenvalue weighted by molar-refractivity contribution is -0.137. The standard InChI is InChI=1S/C35H37F2NO4/c1-22(2)35(40)42-27-12-14-29-25(20-27)5-4-6-31(30-13-7-23(3)19-32(30)37)34(29)24-8-10-26(11-9-24)41-28-16-18-38(21-28)33(39)15-17-36/h7-14,19-20,22,28H,4-6,15-18,21H2,1-3H3/t28-/m0/s1. The van der Waals surface area contributed by atoms with Crippen molar-refractivity contribution in [3.63, 3.8) is 0 Å². The normalized spacial score (nSPS) is 16.8. The second-order valence-corrected chi connectivity index (χ2v) is 11.4. The zero-order valence-corrected chi connectivity index (χ0v) is 24.4. The summed E-state index contributed by atoms with van der Waals surface area (Å²) in [6.07, 6.45) is 2.72. The molecule has 2 aliphatic rings. The van der Waals surface area contributed by atoms with Crippen molar-refractivity contribution in [2.24, 2.45) is 5.92 Å². The molecule has 1 fully saturated rings. The number of nitrogens with zero attached hydrogens (tertiary/aromatic N) is 1. The van der Waals surface area contributed by atoms with E-state index in [1.807, 2.05) is 55.5 Å². The van der Waals surface area contributed by atoms with Crippen LogP contribution in [0.3, 0.4) is 0 Å². The molecule has 0 aromatic heterocycles. The maximum Gasteiger partial charge on any atom is 0.313 e. The Labute approximate surface area is 246 Å². The molecule has 3 aromatic rings. The second-order valence-electron chi connectivity index (χ2n) is 11.4. The summed E-state index contributed by atoms with van der Waals surface area (Å²) in [6.45, 7) is 5.84. The molecule has 3 aromatic carbocycles. The first kappa shape index (κ1) is 29.5. The molecule has 5 rings (SSSR count). The third-order valence-electron chi connectivity index (χ3n) is 7.91. The largest absolute Gasteiger partial charge is 0.489 e. The summed E-state index contributed by atoms with van der Waals surface area (Å²) >= 11 is 0. The maximum atomic E-state index is 15.4. The van der Waals surface area contributed by atoms with E-state index in [-0.39, 0.29) is 36.1 Å². The first-order valence-electron chi connectivity index (χ1n) is 14.7. The fourth-order valence-corrected chi connectivity index (χ4v) is 5.71. The molecule has 220 valence electrons. The lowest BCUT2D eigenvalue weighted by Gasteiger charge is -2.19. The molecule has 1 aliphatic heterocycles. The topological polar surface area (TPSA) is 55.8 Å². The van der Waals surface area contributed by atoms with E-state index in [0.29, 0.717) is 43.0 Å². The Bertz CT molecular complexity index is 1500. The van der Waals surface area contributed by atoms with Crippen LogP contribution in [0.2, 0.25) is 0 Å². The minimum absolute atomic E-state index is 0.0937. The highest BCUT2D eigenvalue weighted by molar-refractivity contribution is 6.00. The van der Waals surface area contributed by atoms with Crippen LogP contribution in [-0.4, -0.2) is 42.6 Å². The highest BCUT2D eigenvalue weighted by atomic mass is 19.1. The van der Waals surface area contributed by atoms with Gasteiger partial charge in [-0.05, 0) is 89.9 Å². The molecule has 0 N–H and O–H groups in total. The third-order valence-corrected chi connectivity index (χ3v) is 7.91. The molecule has 1 atom stereocenters. The molecule has 0 unspecified atom stereocenters. The van der Waals surface area contributed by atoms with Gasteiger partial charge in [0.25, 0.3) is 0 Å². The van der Waals surface area contributed by atoms with Crippen molar-refractivity contribution >= 4 is 23.0 Å². The summed E-state index contributed by atoms with van der Waals surface area (Å²) in [6, 6.07) is 18.8. The van der Waals surface area contributed by atoms with E-state index in [4.69, 9.17) is 9.47 Å². The summed E-state index contributed by atoms with van der Waals surface area (Å²) in [5.74, 6) is 0.235. The number of amides is 1. The zero-order chi connectivity index (χ0) is 29.8. The molecule has 0 radical (unpaired) electrons. The number of carbonyl (C=O) groups is 2. The van der Waals surface area contributed by atoms with Crippen molar-refractivity contribution in [1.29, 1.82) is 0 Å². The fourth-order valence-electron chi connectivity index (χ4n) is 5.71. The summed E-state index contributed by atoms with van der Waals surface area (Å²) in [7, 11) is 0. The van der Waals surface area contributed by atoms with E-state index >= 15 is 4.39 Å². The number of carbonyl (C=O) groups excluding carboxylic acids is 2. The number of benzene rings is 3. The Kier molecular flexibility index (Phi) is 9.05. The van der Waals surface area contributed by atoms with E-state index in [1.165, 1.54) is 0 Å². The molecule has 1 saturated heterocycles. The maximum absolute atomic E-state index is 15.4. The Morgan fingerprint density at radius 2 is 1.71 bits per heavy atom. The number of fused-ring (bicyclic) bond motifs is 1. The van der Waals surface area contributed by atoms with Crippen LogP contribution in [0, 0.1) is 18.7 Å². The van der Waals surface area contributed by atoms with Crippen LogP contribution in [0.4, 0.5) is 8.78 Å². The van der Waals surface area contributed by atoms with E-state index in [0.717, 1.165) is 46.2 Å². The first-order chi connectivity index (χ1) is 20.2. The molecule has 1 heterocycles. The van der Waals surface area contributed by atoms with E-state index in [9.17, 15) is 14.0 Å². The average Bonchev–Trinajstić information content (AvgIpc) is 3.35. The monoisotopic (exact) mass is 573 g/mol. The molecule has 0 spiro atoms.